The predicted octanol–water partition coefficient (Wildman–Crippen LogP) is 0.891. The van der Waals surface area contributed by atoms with E-state index in [1.165, 1.54) is 0 Å². The van der Waals surface area contributed by atoms with Gasteiger partial charge < -0.3 is 9.47 Å². The number of hydrogen-bond donors (Lipinski definition) is 1. The van der Waals surface area contributed by atoms with Crippen LogP contribution in [-0.4, -0.2) is 31.1 Å². The van der Waals surface area contributed by atoms with Gasteiger partial charge in [-0.3, -0.25) is 0 Å². The lowest BCUT2D eigenvalue weighted by molar-refractivity contribution is -0.137. The molecule has 4 heteroatoms. The summed E-state index contributed by atoms with van der Waals surface area (Å²) in [6.45, 7) is 4.74. The van der Waals surface area contributed by atoms with Gasteiger partial charge in [-0.2, -0.15) is 0 Å². The molecule has 4 nitrogen and oxygen atoms in total. The van der Waals surface area contributed by atoms with Crippen LogP contribution in [0.4, 0.5) is 0 Å². The van der Waals surface area contributed by atoms with Crippen molar-refractivity contribution in [2.75, 3.05) is 13.2 Å². The van der Waals surface area contributed by atoms with Crippen LogP contribution < -0.4 is 0 Å². The minimum absolute atomic E-state index is 0.0113. The standard InChI is InChI=1S/C7H12N2O2/c1-7(2)10-4-6(11-7)3-9-5-8/h6,8H,3-4H2,1-2H3. The van der Waals surface area contributed by atoms with E-state index < -0.39 is 5.79 Å². The molecule has 1 aliphatic heterocycles. The van der Waals surface area contributed by atoms with E-state index in [9.17, 15) is 0 Å². The van der Waals surface area contributed by atoms with E-state index in [-0.39, 0.29) is 6.10 Å². The molecule has 62 valence electrons. The van der Waals surface area contributed by atoms with E-state index in [0.29, 0.717) is 13.2 Å². The number of hydrogen-bond acceptors (Lipinski definition) is 4. The van der Waals surface area contributed by atoms with Crippen molar-refractivity contribution in [2.45, 2.75) is 25.7 Å². The molecular formula is C7H12N2O2. The van der Waals surface area contributed by atoms with E-state index in [0.717, 1.165) is 0 Å². The minimum atomic E-state index is -0.484. The fourth-order valence-corrected chi connectivity index (χ4v) is 1.00. The first-order valence-corrected chi connectivity index (χ1v) is 3.54. The molecule has 0 saturated carbocycles. The SMILES string of the molecule is CC1(C)OCC(CN=C=N)O1. The second kappa shape index (κ2) is 3.13. The monoisotopic (exact) mass is 156 g/mol. The lowest BCUT2D eigenvalue weighted by Gasteiger charge is -2.15. The lowest BCUT2D eigenvalue weighted by atomic mass is 10.4. The molecule has 0 amide bonds. The molecular weight excluding hydrogens is 144 g/mol. The Kier molecular flexibility index (Phi) is 2.39. The normalized spacial score (nSPS) is 28.0. The zero-order valence-corrected chi connectivity index (χ0v) is 6.76. The van der Waals surface area contributed by atoms with Crippen LogP contribution in [0.15, 0.2) is 4.99 Å². The zero-order valence-electron chi connectivity index (χ0n) is 6.76. The summed E-state index contributed by atoms with van der Waals surface area (Å²) in [6, 6.07) is 1.96. The van der Waals surface area contributed by atoms with E-state index in [1.807, 2.05) is 19.9 Å². The number of rotatable bonds is 2. The molecule has 0 aromatic rings. The quantitative estimate of drug-likeness (QED) is 0.603. The third-order valence-electron chi connectivity index (χ3n) is 1.44. The molecule has 1 heterocycles. The second-order valence-corrected chi connectivity index (χ2v) is 2.90. The maximum Gasteiger partial charge on any atom is 0.163 e. The van der Waals surface area contributed by atoms with Crippen molar-refractivity contribution < 1.29 is 9.47 Å². The Hall–Kier alpha value is -0.700. The highest BCUT2D eigenvalue weighted by Gasteiger charge is 2.32. The maximum atomic E-state index is 6.55. The summed E-state index contributed by atoms with van der Waals surface area (Å²) in [7, 11) is 0. The Labute approximate surface area is 65.7 Å². The summed E-state index contributed by atoms with van der Waals surface area (Å²) in [5.41, 5.74) is 0. The molecule has 1 saturated heterocycles. The molecule has 11 heavy (non-hydrogen) atoms. The molecule has 0 bridgehead atoms. The van der Waals surface area contributed by atoms with Crippen LogP contribution in [0.25, 0.3) is 0 Å². The van der Waals surface area contributed by atoms with Gasteiger partial charge in [0.1, 0.15) is 6.10 Å². The summed E-state index contributed by atoms with van der Waals surface area (Å²) >= 11 is 0. The van der Waals surface area contributed by atoms with Gasteiger partial charge in [-0.15, -0.1) is 0 Å². The number of aliphatic imine (C=N–C) groups is 1. The molecule has 1 fully saturated rings. The van der Waals surface area contributed by atoms with Crippen molar-refractivity contribution >= 4 is 6.01 Å². The summed E-state index contributed by atoms with van der Waals surface area (Å²) in [5, 5.41) is 6.55. The van der Waals surface area contributed by atoms with Crippen LogP contribution >= 0.6 is 0 Å². The fourth-order valence-electron chi connectivity index (χ4n) is 1.00. The van der Waals surface area contributed by atoms with Gasteiger partial charge in [-0.05, 0) is 13.8 Å². The molecule has 0 radical (unpaired) electrons. The summed E-state index contributed by atoms with van der Waals surface area (Å²) in [6.07, 6.45) is -0.0113. The van der Waals surface area contributed by atoms with E-state index in [2.05, 4.69) is 4.99 Å². The first kappa shape index (κ1) is 8.40. The van der Waals surface area contributed by atoms with Crippen LogP contribution in [0, 0.1) is 5.41 Å². The molecule has 1 N–H and O–H groups in total. The largest absolute Gasteiger partial charge is 0.348 e. The zero-order chi connectivity index (χ0) is 8.32. The second-order valence-electron chi connectivity index (χ2n) is 2.90. The Bertz CT molecular complexity index is 185. The first-order valence-electron chi connectivity index (χ1n) is 3.54. The van der Waals surface area contributed by atoms with Crippen molar-refractivity contribution in [3.63, 3.8) is 0 Å². The summed E-state index contributed by atoms with van der Waals surface area (Å²) in [5.74, 6) is -0.484. The van der Waals surface area contributed by atoms with Crippen molar-refractivity contribution in [1.29, 1.82) is 5.41 Å². The third kappa shape index (κ3) is 2.42. The Morgan fingerprint density at radius 1 is 1.73 bits per heavy atom. The van der Waals surface area contributed by atoms with Crippen LogP contribution in [0.5, 0.6) is 0 Å². The van der Waals surface area contributed by atoms with Crippen molar-refractivity contribution in [2.24, 2.45) is 4.99 Å². The average molecular weight is 156 g/mol. The van der Waals surface area contributed by atoms with Crippen molar-refractivity contribution in [3.05, 3.63) is 0 Å². The molecule has 1 atom stereocenters. The van der Waals surface area contributed by atoms with Gasteiger partial charge in [0.2, 0.25) is 0 Å². The van der Waals surface area contributed by atoms with Gasteiger partial charge in [0.15, 0.2) is 5.79 Å². The van der Waals surface area contributed by atoms with Gasteiger partial charge in [0.25, 0.3) is 0 Å². The van der Waals surface area contributed by atoms with Gasteiger partial charge in [0.05, 0.1) is 19.2 Å². The molecule has 0 aromatic carbocycles. The van der Waals surface area contributed by atoms with Crippen molar-refractivity contribution in [3.8, 4) is 0 Å². The van der Waals surface area contributed by atoms with Crippen molar-refractivity contribution in [1.82, 2.24) is 0 Å². The molecule has 1 unspecified atom stereocenters. The van der Waals surface area contributed by atoms with Crippen LogP contribution in [0.3, 0.4) is 0 Å². The molecule has 1 rings (SSSR count). The lowest BCUT2D eigenvalue weighted by Crippen LogP contribution is -2.22. The maximum absolute atomic E-state index is 6.55. The van der Waals surface area contributed by atoms with Crippen LogP contribution in [-0.2, 0) is 9.47 Å². The summed E-state index contributed by atoms with van der Waals surface area (Å²) in [4.78, 5) is 3.63. The van der Waals surface area contributed by atoms with Crippen LogP contribution in [0.2, 0.25) is 0 Å². The topological polar surface area (TPSA) is 54.7 Å². The van der Waals surface area contributed by atoms with E-state index in [4.69, 9.17) is 14.9 Å². The molecule has 0 aromatic heterocycles. The Morgan fingerprint density at radius 3 is 2.91 bits per heavy atom. The minimum Gasteiger partial charge on any atom is -0.348 e. The third-order valence-corrected chi connectivity index (χ3v) is 1.44. The predicted molar refractivity (Wildman–Crippen MR) is 39.9 cm³/mol. The Morgan fingerprint density at radius 2 is 2.45 bits per heavy atom. The Balaban J connectivity index is 2.36. The van der Waals surface area contributed by atoms with Crippen LogP contribution in [0.1, 0.15) is 13.8 Å². The van der Waals surface area contributed by atoms with Gasteiger partial charge in [-0.1, -0.05) is 0 Å². The molecule has 0 aliphatic carbocycles. The molecule has 0 spiro atoms. The summed E-state index contributed by atoms with van der Waals surface area (Å²) < 4.78 is 10.7. The van der Waals surface area contributed by atoms with Gasteiger partial charge in [0, 0.05) is 0 Å². The number of nitrogens with zero attached hydrogens (tertiary/aromatic N) is 1. The highest BCUT2D eigenvalue weighted by molar-refractivity contribution is 5.35. The number of ether oxygens (including phenoxy) is 2. The number of nitrogens with one attached hydrogen (secondary N) is 1. The van der Waals surface area contributed by atoms with Gasteiger partial charge in [-0.25, -0.2) is 10.4 Å². The van der Waals surface area contributed by atoms with E-state index >= 15 is 0 Å². The van der Waals surface area contributed by atoms with E-state index in [1.54, 1.807) is 0 Å². The molecule has 1 aliphatic rings. The highest BCUT2D eigenvalue weighted by Crippen LogP contribution is 2.21. The first-order chi connectivity index (χ1) is 5.14. The highest BCUT2D eigenvalue weighted by atomic mass is 16.7. The smallest absolute Gasteiger partial charge is 0.163 e. The van der Waals surface area contributed by atoms with Gasteiger partial charge >= 0.3 is 0 Å². The average Bonchev–Trinajstić information content (AvgIpc) is 2.26. The fraction of sp³-hybridized carbons (Fsp3) is 0.857.